The Morgan fingerprint density at radius 3 is 2.88 bits per heavy atom. The van der Waals surface area contributed by atoms with Crippen molar-refractivity contribution >= 4 is 15.9 Å². The molecule has 0 aliphatic heterocycles. The molecule has 0 unspecified atom stereocenters. The molecule has 1 N–H and O–H groups in total. The van der Waals surface area contributed by atoms with Gasteiger partial charge in [0.15, 0.2) is 16.8 Å². The van der Waals surface area contributed by atoms with E-state index in [0.717, 1.165) is 17.0 Å². The molecule has 0 saturated heterocycles. The fourth-order valence-corrected chi connectivity index (χ4v) is 1.79. The predicted octanol–water partition coefficient (Wildman–Crippen LogP) is 3.20. The minimum absolute atomic E-state index is 0.414. The molecule has 0 saturated carbocycles. The van der Waals surface area contributed by atoms with Crippen LogP contribution in [-0.2, 0) is 6.54 Å². The molecule has 2 aromatic rings. The smallest absolute Gasteiger partial charge is 0.181 e. The van der Waals surface area contributed by atoms with Crippen LogP contribution in [0.4, 0.5) is 0 Å². The maximum absolute atomic E-state index is 5.38. The Kier molecular flexibility index (Phi) is 3.46. The highest BCUT2D eigenvalue weighted by Crippen LogP contribution is 2.31. The van der Waals surface area contributed by atoms with Gasteiger partial charge in [0.05, 0.1) is 11.8 Å². The minimum Gasteiger partial charge on any atom is -0.457 e. The maximum Gasteiger partial charge on any atom is 0.181 e. The maximum atomic E-state index is 5.38. The Balaban J connectivity index is 2.23. The molecule has 2 rings (SSSR count). The van der Waals surface area contributed by atoms with Crippen LogP contribution in [0.5, 0.6) is 0 Å². The van der Waals surface area contributed by atoms with Crippen molar-refractivity contribution in [3.8, 4) is 11.3 Å². The van der Waals surface area contributed by atoms with E-state index in [1.54, 1.807) is 6.26 Å². The predicted molar refractivity (Wildman–Crippen MR) is 63.9 cm³/mol. The zero-order chi connectivity index (χ0) is 11.5. The number of hydrogen-bond donors (Lipinski definition) is 1. The first kappa shape index (κ1) is 11.4. The fraction of sp³-hybridized carbons (Fsp3) is 0.364. The summed E-state index contributed by atoms with van der Waals surface area (Å²) in [6.07, 6.45) is 3.06. The SMILES string of the molecule is CC(C)NCc1ncoc1-c1ccoc1Br. The molecule has 0 spiro atoms. The van der Waals surface area contributed by atoms with Gasteiger partial charge in [-0.05, 0) is 22.0 Å². The van der Waals surface area contributed by atoms with Gasteiger partial charge in [0, 0.05) is 12.6 Å². The molecule has 0 amide bonds. The van der Waals surface area contributed by atoms with Gasteiger partial charge in [0.25, 0.3) is 0 Å². The van der Waals surface area contributed by atoms with E-state index in [-0.39, 0.29) is 0 Å². The van der Waals surface area contributed by atoms with Crippen molar-refractivity contribution in [1.29, 1.82) is 0 Å². The summed E-state index contributed by atoms with van der Waals surface area (Å²) in [5.41, 5.74) is 1.77. The average Bonchev–Trinajstić information content (AvgIpc) is 2.82. The van der Waals surface area contributed by atoms with Crippen LogP contribution in [0.25, 0.3) is 11.3 Å². The van der Waals surface area contributed by atoms with Crippen LogP contribution in [0.1, 0.15) is 19.5 Å². The summed E-state index contributed by atoms with van der Waals surface area (Å²) in [6, 6.07) is 2.26. The van der Waals surface area contributed by atoms with Crippen LogP contribution in [0.2, 0.25) is 0 Å². The highest BCUT2D eigenvalue weighted by molar-refractivity contribution is 9.10. The molecule has 86 valence electrons. The minimum atomic E-state index is 0.414. The lowest BCUT2D eigenvalue weighted by Crippen LogP contribution is -2.22. The van der Waals surface area contributed by atoms with E-state index in [2.05, 4.69) is 40.1 Å². The van der Waals surface area contributed by atoms with Crippen molar-refractivity contribution in [1.82, 2.24) is 10.3 Å². The fourth-order valence-electron chi connectivity index (χ4n) is 1.37. The summed E-state index contributed by atoms with van der Waals surface area (Å²) in [5.74, 6) is 0.744. The van der Waals surface area contributed by atoms with Crippen LogP contribution >= 0.6 is 15.9 Å². The Morgan fingerprint density at radius 2 is 2.25 bits per heavy atom. The van der Waals surface area contributed by atoms with Gasteiger partial charge in [-0.25, -0.2) is 4.98 Å². The number of hydrogen-bond acceptors (Lipinski definition) is 4. The number of nitrogens with zero attached hydrogens (tertiary/aromatic N) is 1. The van der Waals surface area contributed by atoms with Crippen molar-refractivity contribution in [3.63, 3.8) is 0 Å². The summed E-state index contributed by atoms with van der Waals surface area (Å²) < 4.78 is 11.2. The van der Waals surface area contributed by atoms with Crippen LogP contribution in [0.15, 0.2) is 32.2 Å². The van der Waals surface area contributed by atoms with Crippen molar-refractivity contribution in [2.75, 3.05) is 0 Å². The van der Waals surface area contributed by atoms with Crippen LogP contribution in [0.3, 0.4) is 0 Å². The molecule has 2 aromatic heterocycles. The van der Waals surface area contributed by atoms with Gasteiger partial charge in [-0.15, -0.1) is 0 Å². The van der Waals surface area contributed by atoms with E-state index in [9.17, 15) is 0 Å². The summed E-state index contributed by atoms with van der Waals surface area (Å²) >= 11 is 3.33. The lowest BCUT2D eigenvalue weighted by molar-refractivity contribution is 0.534. The van der Waals surface area contributed by atoms with Crippen molar-refractivity contribution < 1.29 is 8.83 Å². The highest BCUT2D eigenvalue weighted by Gasteiger charge is 2.15. The molecule has 16 heavy (non-hydrogen) atoms. The van der Waals surface area contributed by atoms with E-state index < -0.39 is 0 Å². The zero-order valence-corrected chi connectivity index (χ0v) is 10.7. The van der Waals surface area contributed by atoms with Crippen LogP contribution < -0.4 is 5.32 Å². The third-order valence-corrected chi connectivity index (χ3v) is 2.80. The molecule has 2 heterocycles. The van der Waals surface area contributed by atoms with E-state index in [4.69, 9.17) is 8.83 Å². The van der Waals surface area contributed by atoms with Gasteiger partial charge < -0.3 is 14.2 Å². The summed E-state index contributed by atoms with van der Waals surface area (Å²) in [4.78, 5) is 4.19. The molecule has 0 aliphatic rings. The topological polar surface area (TPSA) is 51.2 Å². The second-order valence-corrected chi connectivity index (χ2v) is 4.49. The second-order valence-electron chi connectivity index (χ2n) is 3.77. The number of rotatable bonds is 4. The van der Waals surface area contributed by atoms with Crippen LogP contribution in [-0.4, -0.2) is 11.0 Å². The lowest BCUT2D eigenvalue weighted by atomic mass is 10.2. The number of furan rings is 1. The Hall–Kier alpha value is -1.07. The van der Waals surface area contributed by atoms with Gasteiger partial charge in [-0.1, -0.05) is 13.8 Å². The Labute approximate surface area is 102 Å². The number of nitrogens with one attached hydrogen (secondary N) is 1. The Bertz CT molecular complexity index is 462. The van der Waals surface area contributed by atoms with Crippen molar-refractivity contribution in [2.24, 2.45) is 0 Å². The normalized spacial score (nSPS) is 11.2. The average molecular weight is 285 g/mol. The van der Waals surface area contributed by atoms with Crippen molar-refractivity contribution in [3.05, 3.63) is 29.1 Å². The van der Waals surface area contributed by atoms with E-state index >= 15 is 0 Å². The standard InChI is InChI=1S/C11H13BrN2O2/c1-7(2)13-5-9-10(16-6-14-9)8-3-4-15-11(8)12/h3-4,6-7,13H,5H2,1-2H3. The molecular formula is C11H13BrN2O2. The lowest BCUT2D eigenvalue weighted by Gasteiger charge is -2.06. The first-order valence-corrected chi connectivity index (χ1v) is 5.87. The first-order valence-electron chi connectivity index (χ1n) is 5.07. The monoisotopic (exact) mass is 284 g/mol. The molecule has 0 atom stereocenters. The van der Waals surface area contributed by atoms with Gasteiger partial charge in [0.2, 0.25) is 0 Å². The summed E-state index contributed by atoms with van der Waals surface area (Å²) in [7, 11) is 0. The summed E-state index contributed by atoms with van der Waals surface area (Å²) in [5, 5.41) is 3.30. The molecule has 0 aromatic carbocycles. The van der Waals surface area contributed by atoms with Crippen LogP contribution in [0, 0.1) is 0 Å². The molecule has 5 heteroatoms. The molecule has 0 radical (unpaired) electrons. The molecule has 4 nitrogen and oxygen atoms in total. The Morgan fingerprint density at radius 1 is 1.44 bits per heavy atom. The van der Waals surface area contributed by atoms with E-state index in [1.165, 1.54) is 6.39 Å². The molecule has 0 bridgehead atoms. The largest absolute Gasteiger partial charge is 0.457 e. The van der Waals surface area contributed by atoms with Gasteiger partial charge in [-0.3, -0.25) is 0 Å². The quantitative estimate of drug-likeness (QED) is 0.937. The van der Waals surface area contributed by atoms with Gasteiger partial charge in [0.1, 0.15) is 5.69 Å². The number of oxazole rings is 1. The zero-order valence-electron chi connectivity index (χ0n) is 9.16. The number of aromatic nitrogens is 1. The van der Waals surface area contributed by atoms with Crippen molar-refractivity contribution in [2.45, 2.75) is 26.4 Å². The third kappa shape index (κ3) is 2.36. The third-order valence-electron chi connectivity index (χ3n) is 2.18. The molecular weight excluding hydrogens is 272 g/mol. The van der Waals surface area contributed by atoms with Gasteiger partial charge in [-0.2, -0.15) is 0 Å². The second kappa shape index (κ2) is 4.84. The molecule has 0 fully saturated rings. The number of halogens is 1. The highest BCUT2D eigenvalue weighted by atomic mass is 79.9. The summed E-state index contributed by atoms with van der Waals surface area (Å²) in [6.45, 7) is 4.86. The van der Waals surface area contributed by atoms with E-state index in [0.29, 0.717) is 17.3 Å². The molecule has 0 aliphatic carbocycles. The first-order chi connectivity index (χ1) is 7.68. The van der Waals surface area contributed by atoms with Gasteiger partial charge >= 0.3 is 0 Å². The van der Waals surface area contributed by atoms with E-state index in [1.807, 2.05) is 6.07 Å².